The largest absolute Gasteiger partial charge is 0.325 e. The number of nitrogens with one attached hydrogen (secondary N) is 1. The summed E-state index contributed by atoms with van der Waals surface area (Å²) in [7, 11) is 0. The third kappa shape index (κ3) is 4.30. The number of amides is 1. The monoisotopic (exact) mass is 380 g/mol. The minimum absolute atomic E-state index is 0.0641. The summed E-state index contributed by atoms with van der Waals surface area (Å²) in [6, 6.07) is 8.35. The van der Waals surface area contributed by atoms with Gasteiger partial charge in [-0.05, 0) is 62.3 Å². The Morgan fingerprint density at radius 1 is 1.22 bits per heavy atom. The molecular formula is C21H24N4OS. The van der Waals surface area contributed by atoms with Gasteiger partial charge >= 0.3 is 0 Å². The third-order valence-electron chi connectivity index (χ3n) is 4.75. The molecule has 1 atom stereocenters. The Balaban J connectivity index is 1.82. The lowest BCUT2D eigenvalue weighted by atomic mass is 10.1. The highest BCUT2D eigenvalue weighted by Crippen LogP contribution is 2.32. The highest BCUT2D eigenvalue weighted by Gasteiger charge is 2.26. The van der Waals surface area contributed by atoms with Gasteiger partial charge in [-0.15, -0.1) is 0 Å². The van der Waals surface area contributed by atoms with Crippen molar-refractivity contribution in [2.45, 2.75) is 57.2 Å². The van der Waals surface area contributed by atoms with Crippen molar-refractivity contribution in [3.05, 3.63) is 46.4 Å². The molecule has 1 aliphatic carbocycles. The van der Waals surface area contributed by atoms with Crippen LogP contribution in [0.1, 0.15) is 48.5 Å². The second-order valence-corrected chi connectivity index (χ2v) is 8.39. The van der Waals surface area contributed by atoms with E-state index in [1.54, 1.807) is 13.8 Å². The van der Waals surface area contributed by atoms with Crippen molar-refractivity contribution in [1.29, 1.82) is 5.26 Å². The molecule has 0 fully saturated rings. The first-order valence-corrected chi connectivity index (χ1v) is 10.1. The number of benzene rings is 1. The molecule has 1 aromatic heterocycles. The highest BCUT2D eigenvalue weighted by molar-refractivity contribution is 8.00. The molecule has 5 nitrogen and oxygen atoms in total. The van der Waals surface area contributed by atoms with Crippen molar-refractivity contribution in [2.24, 2.45) is 5.92 Å². The summed E-state index contributed by atoms with van der Waals surface area (Å²) in [6.07, 6.45) is 3.38. The van der Waals surface area contributed by atoms with Crippen LogP contribution in [0.3, 0.4) is 0 Å². The number of fused-ring (bicyclic) bond motifs is 1. The average Bonchev–Trinajstić information content (AvgIpc) is 3.06. The summed E-state index contributed by atoms with van der Waals surface area (Å²) in [5.74, 6) is 0.632. The minimum atomic E-state index is -0.348. The molecule has 1 amide bonds. The van der Waals surface area contributed by atoms with E-state index < -0.39 is 0 Å². The van der Waals surface area contributed by atoms with E-state index in [1.165, 1.54) is 29.3 Å². The molecule has 1 unspecified atom stereocenters. The van der Waals surface area contributed by atoms with Crippen molar-refractivity contribution >= 4 is 23.4 Å². The first-order chi connectivity index (χ1) is 12.9. The molecule has 27 heavy (non-hydrogen) atoms. The summed E-state index contributed by atoms with van der Waals surface area (Å²) >= 11 is 1.34. The van der Waals surface area contributed by atoms with Gasteiger partial charge in [-0.25, -0.2) is 9.97 Å². The molecule has 0 radical (unpaired) electrons. The number of carbonyl (C=O) groups is 1. The van der Waals surface area contributed by atoms with Gasteiger partial charge in [-0.2, -0.15) is 5.26 Å². The molecule has 0 bridgehead atoms. The van der Waals surface area contributed by atoms with Gasteiger partial charge in [0, 0.05) is 5.69 Å². The summed E-state index contributed by atoms with van der Waals surface area (Å²) < 4.78 is 0. The summed E-state index contributed by atoms with van der Waals surface area (Å²) in [5, 5.41) is 12.7. The van der Waals surface area contributed by atoms with Gasteiger partial charge in [-0.1, -0.05) is 31.7 Å². The molecule has 1 aliphatic rings. The van der Waals surface area contributed by atoms with E-state index in [2.05, 4.69) is 33.5 Å². The average molecular weight is 381 g/mol. The second kappa shape index (κ2) is 8.10. The van der Waals surface area contributed by atoms with Crippen LogP contribution in [-0.4, -0.2) is 21.1 Å². The first-order valence-electron chi connectivity index (χ1n) is 9.23. The molecule has 0 aliphatic heterocycles. The van der Waals surface area contributed by atoms with Crippen molar-refractivity contribution < 1.29 is 4.79 Å². The van der Waals surface area contributed by atoms with Gasteiger partial charge in [0.2, 0.25) is 5.91 Å². The lowest BCUT2D eigenvalue weighted by molar-refractivity contribution is -0.116. The molecule has 0 saturated carbocycles. The van der Waals surface area contributed by atoms with E-state index in [0.29, 0.717) is 22.1 Å². The summed E-state index contributed by atoms with van der Waals surface area (Å²) in [4.78, 5) is 21.6. The molecular weight excluding hydrogens is 356 g/mol. The maximum absolute atomic E-state index is 13.0. The number of nitriles is 1. The maximum Gasteiger partial charge on any atom is 0.238 e. The number of nitrogens with zero attached hydrogens (tertiary/aromatic N) is 3. The van der Waals surface area contributed by atoms with Crippen LogP contribution in [0.5, 0.6) is 0 Å². The lowest BCUT2D eigenvalue weighted by Gasteiger charge is -2.20. The number of carbonyl (C=O) groups excluding carboxylic acids is 1. The molecule has 3 rings (SSSR count). The number of anilines is 1. The van der Waals surface area contributed by atoms with Crippen LogP contribution >= 0.6 is 11.8 Å². The standard InChI is InChI=1S/C21H24N4OS/c1-12(2)19(27-21-18(11-22)13(3)23-14(4)24-21)20(26)25-17-9-8-15-6-5-7-16(15)10-17/h8-10,12,19H,5-7H2,1-4H3,(H,25,26). The van der Waals surface area contributed by atoms with Crippen LogP contribution in [0.2, 0.25) is 0 Å². The molecule has 0 saturated heterocycles. The quantitative estimate of drug-likeness (QED) is 0.621. The number of hydrogen-bond donors (Lipinski definition) is 1. The van der Waals surface area contributed by atoms with E-state index in [4.69, 9.17) is 0 Å². The van der Waals surface area contributed by atoms with Crippen LogP contribution < -0.4 is 5.32 Å². The molecule has 0 spiro atoms. The molecule has 6 heteroatoms. The smallest absolute Gasteiger partial charge is 0.238 e. The molecule has 1 N–H and O–H groups in total. The predicted molar refractivity (Wildman–Crippen MR) is 108 cm³/mol. The van der Waals surface area contributed by atoms with Crippen LogP contribution in [-0.2, 0) is 17.6 Å². The molecule has 1 aromatic carbocycles. The van der Waals surface area contributed by atoms with Gasteiger partial charge in [-0.3, -0.25) is 4.79 Å². The normalized spacial score (nSPS) is 13.9. The third-order valence-corrected chi connectivity index (χ3v) is 6.28. The van der Waals surface area contributed by atoms with Gasteiger partial charge in [0.05, 0.1) is 10.9 Å². The highest BCUT2D eigenvalue weighted by atomic mass is 32.2. The van der Waals surface area contributed by atoms with E-state index in [0.717, 1.165) is 18.5 Å². The Labute approximate surface area is 164 Å². The first kappa shape index (κ1) is 19.4. The van der Waals surface area contributed by atoms with Crippen LogP contribution in [0.15, 0.2) is 23.2 Å². The van der Waals surface area contributed by atoms with Crippen molar-refractivity contribution in [3.63, 3.8) is 0 Å². The minimum Gasteiger partial charge on any atom is -0.325 e. The fourth-order valence-electron chi connectivity index (χ4n) is 3.37. The molecule has 2 aromatic rings. The Kier molecular flexibility index (Phi) is 5.81. The number of aryl methyl sites for hydroxylation is 4. The zero-order valence-electron chi connectivity index (χ0n) is 16.2. The summed E-state index contributed by atoms with van der Waals surface area (Å²) in [5.41, 5.74) is 4.64. The maximum atomic E-state index is 13.0. The van der Waals surface area contributed by atoms with Crippen LogP contribution in [0.25, 0.3) is 0 Å². The van der Waals surface area contributed by atoms with E-state index >= 15 is 0 Å². The number of thioether (sulfide) groups is 1. The van der Waals surface area contributed by atoms with Crippen LogP contribution in [0, 0.1) is 31.1 Å². The predicted octanol–water partition coefficient (Wildman–Crippen LogP) is 4.21. The molecule has 140 valence electrons. The molecule has 1 heterocycles. The van der Waals surface area contributed by atoms with Crippen molar-refractivity contribution in [1.82, 2.24) is 9.97 Å². The van der Waals surface area contributed by atoms with E-state index in [1.807, 2.05) is 19.9 Å². The zero-order valence-corrected chi connectivity index (χ0v) is 17.0. The van der Waals surface area contributed by atoms with E-state index in [-0.39, 0.29) is 17.1 Å². The Hall–Kier alpha value is -2.39. The second-order valence-electron chi connectivity index (χ2n) is 7.26. The van der Waals surface area contributed by atoms with Gasteiger partial charge < -0.3 is 5.32 Å². The fraction of sp³-hybridized carbons (Fsp3) is 0.429. The number of hydrogen-bond acceptors (Lipinski definition) is 5. The zero-order chi connectivity index (χ0) is 19.6. The van der Waals surface area contributed by atoms with Crippen LogP contribution in [0.4, 0.5) is 5.69 Å². The summed E-state index contributed by atoms with van der Waals surface area (Å²) in [6.45, 7) is 7.61. The topological polar surface area (TPSA) is 78.7 Å². The van der Waals surface area contributed by atoms with Gasteiger partial charge in [0.15, 0.2) is 0 Å². The SMILES string of the molecule is Cc1nc(C)c(C#N)c(SC(C(=O)Nc2ccc3c(c2)CCC3)C(C)C)n1. The Morgan fingerprint density at radius 2 is 1.96 bits per heavy atom. The fourth-order valence-corrected chi connectivity index (χ4v) is 4.55. The van der Waals surface area contributed by atoms with E-state index in [9.17, 15) is 10.1 Å². The number of rotatable bonds is 5. The lowest BCUT2D eigenvalue weighted by Crippen LogP contribution is -2.30. The number of aromatic nitrogens is 2. The van der Waals surface area contributed by atoms with Gasteiger partial charge in [0.1, 0.15) is 22.5 Å². The van der Waals surface area contributed by atoms with Crippen molar-refractivity contribution in [2.75, 3.05) is 5.32 Å². The Morgan fingerprint density at radius 3 is 2.67 bits per heavy atom. The van der Waals surface area contributed by atoms with Gasteiger partial charge in [0.25, 0.3) is 0 Å². The Bertz CT molecular complexity index is 917. The van der Waals surface area contributed by atoms with Crippen molar-refractivity contribution in [3.8, 4) is 6.07 Å².